The molecule has 3 heterocycles. The largest absolute Gasteiger partial charge is 0.480 e. The van der Waals surface area contributed by atoms with Crippen LogP contribution in [0, 0.1) is 11.3 Å². The second-order valence-electron chi connectivity index (χ2n) is 6.91. The van der Waals surface area contributed by atoms with E-state index >= 15 is 0 Å². The average Bonchev–Trinajstić information content (AvgIpc) is 3.11. The molecule has 3 rings (SSSR count). The Balaban J connectivity index is 1.62. The highest BCUT2D eigenvalue weighted by Gasteiger charge is 2.57. The molecule has 0 radical (unpaired) electrons. The van der Waals surface area contributed by atoms with Gasteiger partial charge in [-0.25, -0.2) is 4.79 Å². The minimum Gasteiger partial charge on any atom is -0.480 e. The maximum absolute atomic E-state index is 13.2. The maximum Gasteiger partial charge on any atom is 0.409 e. The van der Waals surface area contributed by atoms with Crippen molar-refractivity contribution >= 4 is 18.0 Å². The molecule has 25 heavy (non-hydrogen) atoms. The van der Waals surface area contributed by atoms with E-state index in [4.69, 9.17) is 14.6 Å². The van der Waals surface area contributed by atoms with Crippen LogP contribution in [-0.4, -0.2) is 103 Å². The van der Waals surface area contributed by atoms with Gasteiger partial charge in [0.25, 0.3) is 0 Å². The first-order valence-corrected chi connectivity index (χ1v) is 8.69. The number of carbonyl (C=O) groups is 3. The summed E-state index contributed by atoms with van der Waals surface area (Å²) in [6, 6.07) is 0. The topological polar surface area (TPSA) is 99.6 Å². The van der Waals surface area contributed by atoms with Gasteiger partial charge in [0.1, 0.15) is 0 Å². The number of likely N-dealkylation sites (tertiary alicyclic amines) is 1. The van der Waals surface area contributed by atoms with Gasteiger partial charge in [-0.1, -0.05) is 0 Å². The lowest BCUT2D eigenvalue weighted by atomic mass is 9.79. The van der Waals surface area contributed by atoms with Crippen molar-refractivity contribution < 1.29 is 29.0 Å². The van der Waals surface area contributed by atoms with Crippen LogP contribution >= 0.6 is 0 Å². The van der Waals surface area contributed by atoms with Gasteiger partial charge in [-0.3, -0.25) is 14.5 Å². The van der Waals surface area contributed by atoms with E-state index in [0.29, 0.717) is 59.1 Å². The van der Waals surface area contributed by atoms with Crippen molar-refractivity contribution in [3.05, 3.63) is 0 Å². The third-order valence-electron chi connectivity index (χ3n) is 5.32. The summed E-state index contributed by atoms with van der Waals surface area (Å²) >= 11 is 0. The molecule has 2 amide bonds. The number of hydrogen-bond donors (Lipinski definition) is 1. The van der Waals surface area contributed by atoms with Crippen molar-refractivity contribution in [2.45, 2.75) is 6.92 Å². The predicted octanol–water partition coefficient (Wildman–Crippen LogP) is -0.680. The number of fused-ring (bicyclic) bond motifs is 1. The summed E-state index contributed by atoms with van der Waals surface area (Å²) in [6.45, 7) is 5.69. The molecule has 9 heteroatoms. The highest BCUT2D eigenvalue weighted by atomic mass is 16.6. The van der Waals surface area contributed by atoms with Gasteiger partial charge in [-0.2, -0.15) is 0 Å². The van der Waals surface area contributed by atoms with Crippen LogP contribution in [0.1, 0.15) is 6.92 Å². The molecule has 0 aromatic carbocycles. The van der Waals surface area contributed by atoms with E-state index in [2.05, 4.69) is 0 Å². The Morgan fingerprint density at radius 1 is 1.20 bits per heavy atom. The van der Waals surface area contributed by atoms with Crippen molar-refractivity contribution in [1.29, 1.82) is 0 Å². The highest BCUT2D eigenvalue weighted by molar-refractivity contribution is 5.85. The molecule has 0 unspecified atom stereocenters. The van der Waals surface area contributed by atoms with Gasteiger partial charge in [-0.15, -0.1) is 0 Å². The van der Waals surface area contributed by atoms with Gasteiger partial charge in [-0.05, 0) is 6.92 Å². The molecule has 3 fully saturated rings. The van der Waals surface area contributed by atoms with Gasteiger partial charge >= 0.3 is 12.1 Å². The number of hydrogen-bond acceptors (Lipinski definition) is 6. The third-order valence-corrected chi connectivity index (χ3v) is 5.32. The van der Waals surface area contributed by atoms with E-state index in [1.807, 2.05) is 4.90 Å². The van der Waals surface area contributed by atoms with Crippen LogP contribution in [-0.2, 0) is 19.1 Å². The SMILES string of the molecule is CCOC(=O)N1CCN(C(=O)[C@]23COC[C@H]2CN(CC(=O)O)C3)CC1. The van der Waals surface area contributed by atoms with Gasteiger partial charge in [0.2, 0.25) is 5.91 Å². The zero-order chi connectivity index (χ0) is 18.0. The van der Waals surface area contributed by atoms with Gasteiger partial charge < -0.3 is 24.4 Å². The van der Waals surface area contributed by atoms with Crippen LogP contribution in [0.5, 0.6) is 0 Å². The van der Waals surface area contributed by atoms with Crippen molar-refractivity contribution in [2.24, 2.45) is 11.3 Å². The second-order valence-corrected chi connectivity index (χ2v) is 6.91. The number of carbonyl (C=O) groups excluding carboxylic acids is 2. The molecule has 1 N–H and O–H groups in total. The molecule has 140 valence electrons. The van der Waals surface area contributed by atoms with Crippen molar-refractivity contribution in [3.63, 3.8) is 0 Å². The predicted molar refractivity (Wildman–Crippen MR) is 86.0 cm³/mol. The molecule has 0 spiro atoms. The first-order valence-electron chi connectivity index (χ1n) is 8.69. The Bertz CT molecular complexity index is 548. The molecule has 0 aromatic heterocycles. The summed E-state index contributed by atoms with van der Waals surface area (Å²) in [7, 11) is 0. The van der Waals surface area contributed by atoms with E-state index in [0.717, 1.165) is 0 Å². The first kappa shape index (κ1) is 17.9. The van der Waals surface area contributed by atoms with Gasteiger partial charge in [0, 0.05) is 45.2 Å². The van der Waals surface area contributed by atoms with E-state index in [9.17, 15) is 14.4 Å². The number of amides is 2. The minimum atomic E-state index is -0.883. The van der Waals surface area contributed by atoms with Crippen LogP contribution in [0.4, 0.5) is 4.79 Å². The molecule has 0 aliphatic carbocycles. The van der Waals surface area contributed by atoms with E-state index in [1.54, 1.807) is 16.7 Å². The van der Waals surface area contributed by atoms with E-state index in [-0.39, 0.29) is 24.5 Å². The minimum absolute atomic E-state index is 0.0198. The van der Waals surface area contributed by atoms with Crippen molar-refractivity contribution in [3.8, 4) is 0 Å². The Labute approximate surface area is 146 Å². The zero-order valence-corrected chi connectivity index (χ0v) is 14.5. The highest BCUT2D eigenvalue weighted by Crippen LogP contribution is 2.42. The van der Waals surface area contributed by atoms with Crippen LogP contribution in [0.3, 0.4) is 0 Å². The fraction of sp³-hybridized carbons (Fsp3) is 0.812. The summed E-state index contributed by atoms with van der Waals surface area (Å²) in [6.07, 6.45) is -0.344. The smallest absolute Gasteiger partial charge is 0.409 e. The average molecular weight is 355 g/mol. The summed E-state index contributed by atoms with van der Waals surface area (Å²) in [5.41, 5.74) is -0.651. The lowest BCUT2D eigenvalue weighted by Gasteiger charge is -2.38. The van der Waals surface area contributed by atoms with E-state index in [1.165, 1.54) is 0 Å². The Hall–Kier alpha value is -1.87. The molecular formula is C16H25N3O6. The number of aliphatic carboxylic acids is 1. The zero-order valence-electron chi connectivity index (χ0n) is 14.5. The molecular weight excluding hydrogens is 330 g/mol. The van der Waals surface area contributed by atoms with Crippen molar-refractivity contribution in [1.82, 2.24) is 14.7 Å². The number of piperazine rings is 1. The number of ether oxygens (including phenoxy) is 2. The number of carboxylic acid groups (broad SMARTS) is 1. The monoisotopic (exact) mass is 355 g/mol. The number of rotatable bonds is 4. The molecule has 2 atom stereocenters. The Kier molecular flexibility index (Phi) is 5.14. The third kappa shape index (κ3) is 3.43. The maximum atomic E-state index is 13.2. The molecule has 0 bridgehead atoms. The number of nitrogens with zero attached hydrogens (tertiary/aromatic N) is 3. The molecule has 0 saturated carbocycles. The molecule has 3 saturated heterocycles. The lowest BCUT2D eigenvalue weighted by Crippen LogP contribution is -2.56. The Morgan fingerprint density at radius 3 is 2.52 bits per heavy atom. The lowest BCUT2D eigenvalue weighted by molar-refractivity contribution is -0.145. The molecule has 9 nitrogen and oxygen atoms in total. The normalized spacial score (nSPS) is 29.6. The van der Waals surface area contributed by atoms with Gasteiger partial charge in [0.15, 0.2) is 0 Å². The van der Waals surface area contributed by atoms with Gasteiger partial charge in [0.05, 0.1) is 31.8 Å². The van der Waals surface area contributed by atoms with Crippen LogP contribution in [0.2, 0.25) is 0 Å². The summed E-state index contributed by atoms with van der Waals surface area (Å²) in [5.74, 6) is -0.833. The van der Waals surface area contributed by atoms with Crippen LogP contribution < -0.4 is 0 Å². The summed E-state index contributed by atoms with van der Waals surface area (Å²) < 4.78 is 10.6. The Morgan fingerprint density at radius 2 is 1.88 bits per heavy atom. The quantitative estimate of drug-likeness (QED) is 0.713. The summed E-state index contributed by atoms with van der Waals surface area (Å²) in [4.78, 5) is 41.1. The molecule has 3 aliphatic rings. The van der Waals surface area contributed by atoms with Crippen LogP contribution in [0.15, 0.2) is 0 Å². The fourth-order valence-corrected chi connectivity index (χ4v) is 4.08. The van der Waals surface area contributed by atoms with Crippen molar-refractivity contribution in [2.75, 3.05) is 65.6 Å². The fourth-order valence-electron chi connectivity index (χ4n) is 4.08. The molecule has 0 aromatic rings. The van der Waals surface area contributed by atoms with E-state index < -0.39 is 11.4 Å². The second kappa shape index (κ2) is 7.17. The first-order chi connectivity index (χ1) is 12.0. The molecule has 3 aliphatic heterocycles. The number of carboxylic acids is 1. The van der Waals surface area contributed by atoms with Crippen LogP contribution in [0.25, 0.3) is 0 Å². The summed E-state index contributed by atoms with van der Waals surface area (Å²) in [5, 5.41) is 9.02. The standard InChI is InChI=1S/C16H25N3O6/c1-2-25-15(23)19-5-3-18(4-6-19)14(22)16-10-17(8-13(20)21)7-12(16)9-24-11-16/h12H,2-11H2,1H3,(H,20,21)/t12-,16-/m1/s1.